The molecule has 0 aliphatic carbocycles. The van der Waals surface area contributed by atoms with Gasteiger partial charge in [-0.3, -0.25) is 4.99 Å². The number of benzene rings is 1. The number of guanidine groups is 1. The number of aliphatic hydroxyl groups excluding tert-OH is 1. The molecule has 3 N–H and O–H groups in total. The highest BCUT2D eigenvalue weighted by atomic mass is 16.3. The Balaban J connectivity index is 1.83. The lowest BCUT2D eigenvalue weighted by atomic mass is 10.1. The summed E-state index contributed by atoms with van der Waals surface area (Å²) in [6.45, 7) is 4.08. The van der Waals surface area contributed by atoms with Gasteiger partial charge in [-0.2, -0.15) is 5.10 Å². The molecule has 6 nitrogen and oxygen atoms in total. The molecule has 118 valence electrons. The average Bonchev–Trinajstić information content (AvgIpc) is 3.07. The first-order valence-corrected chi connectivity index (χ1v) is 7.55. The second-order valence-electron chi connectivity index (χ2n) is 4.78. The summed E-state index contributed by atoms with van der Waals surface area (Å²) in [5.74, 6) is 0.740. The van der Waals surface area contributed by atoms with Crippen molar-refractivity contribution < 1.29 is 5.11 Å². The number of aliphatic imine (C=N–C) groups is 1. The molecule has 2 rings (SSSR count). The molecule has 0 spiro atoms. The molecule has 0 aliphatic rings. The first-order chi connectivity index (χ1) is 10.8. The maximum absolute atomic E-state index is 8.82. The Morgan fingerprint density at radius 3 is 2.73 bits per heavy atom. The number of hydrogen-bond donors (Lipinski definition) is 3. The lowest BCUT2D eigenvalue weighted by Crippen LogP contribution is -2.38. The second kappa shape index (κ2) is 8.84. The molecule has 0 amide bonds. The van der Waals surface area contributed by atoms with Gasteiger partial charge in [0.25, 0.3) is 0 Å². The highest BCUT2D eigenvalue weighted by Gasteiger charge is 1.99. The maximum Gasteiger partial charge on any atom is 0.191 e. The molecule has 0 aliphatic heterocycles. The van der Waals surface area contributed by atoms with Gasteiger partial charge in [-0.25, -0.2) is 4.68 Å². The highest BCUT2D eigenvalue weighted by molar-refractivity contribution is 5.79. The van der Waals surface area contributed by atoms with Gasteiger partial charge in [0.15, 0.2) is 5.96 Å². The summed E-state index contributed by atoms with van der Waals surface area (Å²) in [5, 5.41) is 19.4. The van der Waals surface area contributed by atoms with Gasteiger partial charge in [0.1, 0.15) is 0 Å². The molecule has 0 bridgehead atoms. The Kier molecular flexibility index (Phi) is 6.44. The largest absolute Gasteiger partial charge is 0.394 e. The minimum Gasteiger partial charge on any atom is -0.394 e. The molecule has 0 unspecified atom stereocenters. The SMILES string of the molecule is CCNC(=NCCO)NCCc1ccc(-n2cccn2)cc1. The van der Waals surface area contributed by atoms with Crippen LogP contribution in [0.5, 0.6) is 0 Å². The third kappa shape index (κ3) is 4.89. The molecule has 0 atom stereocenters. The van der Waals surface area contributed by atoms with Crippen molar-refractivity contribution >= 4 is 5.96 Å². The van der Waals surface area contributed by atoms with E-state index in [2.05, 4.69) is 45.0 Å². The van der Waals surface area contributed by atoms with Crippen LogP contribution in [0.4, 0.5) is 0 Å². The van der Waals surface area contributed by atoms with Gasteiger partial charge < -0.3 is 15.7 Å². The number of aromatic nitrogens is 2. The topological polar surface area (TPSA) is 74.5 Å². The van der Waals surface area contributed by atoms with Gasteiger partial charge in [-0.05, 0) is 37.1 Å². The van der Waals surface area contributed by atoms with Crippen molar-refractivity contribution in [2.24, 2.45) is 4.99 Å². The number of nitrogens with one attached hydrogen (secondary N) is 2. The van der Waals surface area contributed by atoms with Crippen LogP contribution in [-0.4, -0.2) is 47.1 Å². The van der Waals surface area contributed by atoms with Gasteiger partial charge in [-0.15, -0.1) is 0 Å². The molecule has 1 aromatic heterocycles. The standard InChI is InChI=1S/C16H23N5O/c1-2-17-16(19-11-13-22)18-10-8-14-4-6-15(7-5-14)21-12-3-9-20-21/h3-7,9,12,22H,2,8,10-11,13H2,1H3,(H2,17,18,19). The Labute approximate surface area is 130 Å². The number of rotatable bonds is 7. The normalized spacial score (nSPS) is 11.5. The summed E-state index contributed by atoms with van der Waals surface area (Å²) in [5.41, 5.74) is 2.31. The van der Waals surface area contributed by atoms with Crippen LogP contribution in [0, 0.1) is 0 Å². The second-order valence-corrected chi connectivity index (χ2v) is 4.78. The van der Waals surface area contributed by atoms with Gasteiger partial charge in [0, 0.05) is 25.5 Å². The molecule has 2 aromatic rings. The van der Waals surface area contributed by atoms with Crippen LogP contribution in [0.3, 0.4) is 0 Å². The van der Waals surface area contributed by atoms with Crippen LogP contribution in [0.1, 0.15) is 12.5 Å². The van der Waals surface area contributed by atoms with E-state index in [0.29, 0.717) is 6.54 Å². The minimum absolute atomic E-state index is 0.0610. The summed E-state index contributed by atoms with van der Waals surface area (Å²) >= 11 is 0. The van der Waals surface area contributed by atoms with E-state index in [1.54, 1.807) is 6.20 Å². The zero-order chi connectivity index (χ0) is 15.6. The Hall–Kier alpha value is -2.34. The van der Waals surface area contributed by atoms with E-state index in [9.17, 15) is 0 Å². The fourth-order valence-corrected chi connectivity index (χ4v) is 2.07. The Morgan fingerprint density at radius 2 is 2.09 bits per heavy atom. The monoisotopic (exact) mass is 301 g/mol. The molecular weight excluding hydrogens is 278 g/mol. The third-order valence-corrected chi connectivity index (χ3v) is 3.13. The smallest absolute Gasteiger partial charge is 0.191 e. The van der Waals surface area contributed by atoms with Crippen molar-refractivity contribution in [3.8, 4) is 5.69 Å². The van der Waals surface area contributed by atoms with Crippen molar-refractivity contribution in [3.63, 3.8) is 0 Å². The molecule has 22 heavy (non-hydrogen) atoms. The maximum atomic E-state index is 8.82. The van der Waals surface area contributed by atoms with Gasteiger partial charge >= 0.3 is 0 Å². The Bertz CT molecular complexity index is 563. The van der Waals surface area contributed by atoms with E-state index in [-0.39, 0.29) is 6.61 Å². The summed E-state index contributed by atoms with van der Waals surface area (Å²) in [6, 6.07) is 10.2. The van der Waals surface area contributed by atoms with Crippen LogP contribution in [0.25, 0.3) is 5.69 Å². The number of aliphatic hydroxyl groups is 1. The quantitative estimate of drug-likeness (QED) is 0.526. The fourth-order valence-electron chi connectivity index (χ4n) is 2.07. The summed E-state index contributed by atoms with van der Waals surface area (Å²) in [6.07, 6.45) is 4.60. The van der Waals surface area contributed by atoms with Crippen LogP contribution in [0.15, 0.2) is 47.7 Å². The predicted octanol–water partition coefficient (Wildman–Crippen LogP) is 0.962. The number of nitrogens with zero attached hydrogens (tertiary/aromatic N) is 3. The molecule has 1 heterocycles. The van der Waals surface area contributed by atoms with Gasteiger partial charge in [0.2, 0.25) is 0 Å². The average molecular weight is 301 g/mol. The van der Waals surface area contributed by atoms with Crippen LogP contribution in [-0.2, 0) is 6.42 Å². The third-order valence-electron chi connectivity index (χ3n) is 3.13. The summed E-state index contributed by atoms with van der Waals surface area (Å²) < 4.78 is 1.84. The van der Waals surface area contributed by atoms with Crippen molar-refractivity contribution in [1.29, 1.82) is 0 Å². The number of hydrogen-bond acceptors (Lipinski definition) is 3. The first kappa shape index (κ1) is 16.0. The lowest BCUT2D eigenvalue weighted by molar-refractivity contribution is 0.306. The summed E-state index contributed by atoms with van der Waals surface area (Å²) in [7, 11) is 0. The molecule has 6 heteroatoms. The summed E-state index contributed by atoms with van der Waals surface area (Å²) in [4.78, 5) is 4.24. The Morgan fingerprint density at radius 1 is 1.27 bits per heavy atom. The van der Waals surface area contributed by atoms with Crippen LogP contribution < -0.4 is 10.6 Å². The van der Waals surface area contributed by atoms with Crippen molar-refractivity contribution in [3.05, 3.63) is 48.3 Å². The first-order valence-electron chi connectivity index (χ1n) is 7.55. The lowest BCUT2D eigenvalue weighted by Gasteiger charge is -2.11. The van der Waals surface area contributed by atoms with Gasteiger partial charge in [-0.1, -0.05) is 12.1 Å². The van der Waals surface area contributed by atoms with E-state index < -0.39 is 0 Å². The van der Waals surface area contributed by atoms with Crippen LogP contribution >= 0.6 is 0 Å². The van der Waals surface area contributed by atoms with E-state index in [0.717, 1.165) is 31.2 Å². The highest BCUT2D eigenvalue weighted by Crippen LogP contribution is 2.08. The molecule has 0 saturated carbocycles. The fraction of sp³-hybridized carbons (Fsp3) is 0.375. The predicted molar refractivity (Wildman–Crippen MR) is 88.3 cm³/mol. The zero-order valence-corrected chi connectivity index (χ0v) is 12.9. The van der Waals surface area contributed by atoms with E-state index in [4.69, 9.17) is 5.11 Å². The van der Waals surface area contributed by atoms with Crippen molar-refractivity contribution in [2.75, 3.05) is 26.2 Å². The van der Waals surface area contributed by atoms with Crippen LogP contribution in [0.2, 0.25) is 0 Å². The minimum atomic E-state index is 0.0610. The van der Waals surface area contributed by atoms with Crippen molar-refractivity contribution in [1.82, 2.24) is 20.4 Å². The zero-order valence-electron chi connectivity index (χ0n) is 12.9. The van der Waals surface area contributed by atoms with E-state index in [1.165, 1.54) is 5.56 Å². The molecular formula is C16H23N5O. The van der Waals surface area contributed by atoms with E-state index in [1.807, 2.05) is 23.9 Å². The van der Waals surface area contributed by atoms with Gasteiger partial charge in [0.05, 0.1) is 18.8 Å². The molecule has 0 fully saturated rings. The molecule has 0 saturated heterocycles. The van der Waals surface area contributed by atoms with Crippen molar-refractivity contribution in [2.45, 2.75) is 13.3 Å². The molecule has 1 aromatic carbocycles. The van der Waals surface area contributed by atoms with E-state index >= 15 is 0 Å². The molecule has 0 radical (unpaired) electrons.